The maximum absolute atomic E-state index is 12.1. The van der Waals surface area contributed by atoms with E-state index in [2.05, 4.69) is 36.2 Å². The molecular formula is C23H30N3O4S-. The standard InChI is InChI=1S/C23H31N3O4S/c1-17-13-25(14-18(2)24-17)22(20-7-5-4-6-8-20)16-26(31(28)29)15-19-9-11-21(12-10-19)23(27)30-3/h4-12,17-18,22,24H,13-16H2,1-3H3,(H,28,29)/p-1/t17-,18+,22?. The molecule has 8 heteroatoms. The Morgan fingerprint density at radius 1 is 1.16 bits per heavy atom. The predicted octanol–water partition coefficient (Wildman–Crippen LogP) is 2.49. The van der Waals surface area contributed by atoms with Crippen molar-refractivity contribution in [1.29, 1.82) is 0 Å². The molecule has 1 aliphatic rings. The third kappa shape index (κ3) is 6.44. The summed E-state index contributed by atoms with van der Waals surface area (Å²) in [5.41, 5.74) is 2.35. The smallest absolute Gasteiger partial charge is 0.337 e. The number of piperazine rings is 1. The lowest BCUT2D eigenvalue weighted by atomic mass is 10.0. The van der Waals surface area contributed by atoms with Crippen LogP contribution in [0.4, 0.5) is 0 Å². The lowest BCUT2D eigenvalue weighted by Crippen LogP contribution is -2.56. The molecule has 1 aliphatic heterocycles. The fourth-order valence-electron chi connectivity index (χ4n) is 4.17. The molecule has 3 rings (SSSR count). The molecule has 7 nitrogen and oxygen atoms in total. The molecule has 1 heterocycles. The number of rotatable bonds is 8. The quantitative estimate of drug-likeness (QED) is 0.497. The maximum Gasteiger partial charge on any atom is 0.337 e. The minimum absolute atomic E-state index is 0.0551. The Hall–Kier alpha value is -2.10. The summed E-state index contributed by atoms with van der Waals surface area (Å²) in [6.07, 6.45) is 0. The summed E-state index contributed by atoms with van der Waals surface area (Å²) in [4.78, 5) is 14.0. The number of esters is 1. The number of hydrogen-bond acceptors (Lipinski definition) is 6. The van der Waals surface area contributed by atoms with E-state index in [4.69, 9.17) is 4.74 Å². The van der Waals surface area contributed by atoms with Crippen molar-refractivity contribution in [3.8, 4) is 0 Å². The van der Waals surface area contributed by atoms with Crippen LogP contribution in [0, 0.1) is 0 Å². The molecule has 31 heavy (non-hydrogen) atoms. The summed E-state index contributed by atoms with van der Waals surface area (Å²) in [5.74, 6) is -0.415. The molecule has 4 atom stereocenters. The monoisotopic (exact) mass is 444 g/mol. The second kappa shape index (κ2) is 11.0. The first-order valence-electron chi connectivity index (χ1n) is 10.4. The lowest BCUT2D eigenvalue weighted by Gasteiger charge is -2.42. The molecular weight excluding hydrogens is 414 g/mol. The van der Waals surface area contributed by atoms with Crippen LogP contribution in [-0.2, 0) is 22.5 Å². The Bertz CT molecular complexity index is 868. The fourth-order valence-corrected chi connectivity index (χ4v) is 4.69. The van der Waals surface area contributed by atoms with E-state index in [0.717, 1.165) is 24.2 Å². The minimum atomic E-state index is -2.39. The van der Waals surface area contributed by atoms with Crippen molar-refractivity contribution >= 4 is 17.2 Å². The van der Waals surface area contributed by atoms with Gasteiger partial charge in [0.1, 0.15) is 0 Å². The van der Waals surface area contributed by atoms with Crippen LogP contribution in [0.3, 0.4) is 0 Å². The highest BCUT2D eigenvalue weighted by Crippen LogP contribution is 2.25. The zero-order valence-corrected chi connectivity index (χ0v) is 19.0. The first-order chi connectivity index (χ1) is 14.9. The highest BCUT2D eigenvalue weighted by Gasteiger charge is 2.29. The topological polar surface area (TPSA) is 84.9 Å². The molecule has 1 saturated heterocycles. The molecule has 0 spiro atoms. The van der Waals surface area contributed by atoms with E-state index in [0.29, 0.717) is 24.2 Å². The maximum atomic E-state index is 12.1. The molecule has 0 aromatic heterocycles. The van der Waals surface area contributed by atoms with E-state index in [-0.39, 0.29) is 12.6 Å². The van der Waals surface area contributed by atoms with E-state index in [9.17, 15) is 13.6 Å². The van der Waals surface area contributed by atoms with E-state index < -0.39 is 17.2 Å². The van der Waals surface area contributed by atoms with Crippen LogP contribution in [0.15, 0.2) is 54.6 Å². The molecule has 0 bridgehead atoms. The van der Waals surface area contributed by atoms with Gasteiger partial charge in [-0.3, -0.25) is 9.11 Å². The van der Waals surface area contributed by atoms with E-state index in [1.165, 1.54) is 11.4 Å². The molecule has 2 aromatic carbocycles. The molecule has 0 saturated carbocycles. The number of carbonyl (C=O) groups is 1. The van der Waals surface area contributed by atoms with Gasteiger partial charge in [0.2, 0.25) is 0 Å². The zero-order chi connectivity index (χ0) is 22.4. The summed E-state index contributed by atoms with van der Waals surface area (Å²) >= 11 is -2.39. The SMILES string of the molecule is COC(=O)c1ccc(CN(CC(c2ccccc2)N2C[C@@H](C)N[C@@H](C)C2)S(=O)[O-])cc1. The number of ether oxygens (including phenoxy) is 1. The van der Waals surface area contributed by atoms with Crippen LogP contribution in [0.2, 0.25) is 0 Å². The zero-order valence-electron chi connectivity index (χ0n) is 18.2. The van der Waals surface area contributed by atoms with Gasteiger partial charge in [-0.2, -0.15) is 0 Å². The number of benzene rings is 2. The van der Waals surface area contributed by atoms with Gasteiger partial charge in [-0.1, -0.05) is 42.5 Å². The van der Waals surface area contributed by atoms with Gasteiger partial charge < -0.3 is 14.6 Å². The molecule has 1 fully saturated rings. The van der Waals surface area contributed by atoms with Crippen LogP contribution in [0.1, 0.15) is 41.4 Å². The molecule has 1 N–H and O–H groups in total. The van der Waals surface area contributed by atoms with Gasteiger partial charge >= 0.3 is 5.97 Å². The Morgan fingerprint density at radius 3 is 2.32 bits per heavy atom. The first-order valence-corrected chi connectivity index (χ1v) is 11.5. The molecule has 0 aliphatic carbocycles. The van der Waals surface area contributed by atoms with Crippen molar-refractivity contribution in [2.75, 3.05) is 26.7 Å². The molecule has 0 amide bonds. The predicted molar refractivity (Wildman–Crippen MR) is 120 cm³/mol. The number of nitrogens with one attached hydrogen (secondary N) is 1. The van der Waals surface area contributed by atoms with Gasteiger partial charge in [0.05, 0.1) is 12.7 Å². The van der Waals surface area contributed by atoms with Crippen molar-refractivity contribution in [1.82, 2.24) is 14.5 Å². The van der Waals surface area contributed by atoms with E-state index in [1.54, 1.807) is 24.3 Å². The Morgan fingerprint density at radius 2 is 1.77 bits per heavy atom. The van der Waals surface area contributed by atoms with Crippen LogP contribution in [-0.4, -0.2) is 62.8 Å². The van der Waals surface area contributed by atoms with Crippen molar-refractivity contribution in [3.63, 3.8) is 0 Å². The van der Waals surface area contributed by atoms with Gasteiger partial charge in [0, 0.05) is 55.6 Å². The Kier molecular flexibility index (Phi) is 8.34. The van der Waals surface area contributed by atoms with Crippen molar-refractivity contribution in [2.45, 2.75) is 38.5 Å². The molecule has 168 valence electrons. The summed E-state index contributed by atoms with van der Waals surface area (Å²) in [6, 6.07) is 17.5. The largest absolute Gasteiger partial charge is 0.760 e. The normalized spacial score (nSPS) is 21.6. The number of hydrogen-bond donors (Lipinski definition) is 1. The average molecular weight is 445 g/mol. The van der Waals surface area contributed by atoms with Gasteiger partial charge in [-0.15, -0.1) is 0 Å². The average Bonchev–Trinajstić information content (AvgIpc) is 2.76. The van der Waals surface area contributed by atoms with Crippen LogP contribution < -0.4 is 5.32 Å². The lowest BCUT2D eigenvalue weighted by molar-refractivity contribution is 0.0600. The molecule has 0 radical (unpaired) electrons. The number of methoxy groups -OCH3 is 1. The summed E-state index contributed by atoms with van der Waals surface area (Å²) in [7, 11) is 1.33. The summed E-state index contributed by atoms with van der Waals surface area (Å²) in [6.45, 7) is 6.57. The fraction of sp³-hybridized carbons (Fsp3) is 0.435. The van der Waals surface area contributed by atoms with Gasteiger partial charge in [-0.25, -0.2) is 9.10 Å². The Balaban J connectivity index is 1.81. The van der Waals surface area contributed by atoms with Crippen LogP contribution >= 0.6 is 0 Å². The van der Waals surface area contributed by atoms with Gasteiger partial charge in [0.25, 0.3) is 0 Å². The van der Waals surface area contributed by atoms with Crippen molar-refractivity contribution in [3.05, 3.63) is 71.3 Å². The molecule has 2 aromatic rings. The second-order valence-electron chi connectivity index (χ2n) is 8.08. The highest BCUT2D eigenvalue weighted by atomic mass is 32.2. The summed E-state index contributed by atoms with van der Waals surface area (Å²) in [5, 5.41) is 3.54. The minimum Gasteiger partial charge on any atom is -0.760 e. The van der Waals surface area contributed by atoms with E-state index >= 15 is 0 Å². The van der Waals surface area contributed by atoms with E-state index in [1.807, 2.05) is 18.2 Å². The van der Waals surface area contributed by atoms with Crippen molar-refractivity contribution in [2.24, 2.45) is 0 Å². The highest BCUT2D eigenvalue weighted by molar-refractivity contribution is 7.76. The molecule has 2 unspecified atom stereocenters. The third-order valence-electron chi connectivity index (χ3n) is 5.53. The third-order valence-corrected chi connectivity index (χ3v) is 6.23. The second-order valence-corrected chi connectivity index (χ2v) is 9.03. The van der Waals surface area contributed by atoms with Crippen LogP contribution in [0.25, 0.3) is 0 Å². The Labute approximate surface area is 186 Å². The first kappa shape index (κ1) is 23.6. The number of carbonyl (C=O) groups excluding carboxylic acids is 1. The van der Waals surface area contributed by atoms with Crippen LogP contribution in [0.5, 0.6) is 0 Å². The van der Waals surface area contributed by atoms with Gasteiger partial charge in [-0.05, 0) is 37.1 Å². The van der Waals surface area contributed by atoms with Gasteiger partial charge in [0.15, 0.2) is 0 Å². The number of nitrogens with zero attached hydrogens (tertiary/aromatic N) is 2. The summed E-state index contributed by atoms with van der Waals surface area (Å²) < 4.78 is 30.4. The van der Waals surface area contributed by atoms with Crippen molar-refractivity contribution < 1.29 is 18.3 Å².